The van der Waals surface area contributed by atoms with Gasteiger partial charge in [-0.15, -0.1) is 0 Å². The molecular weight excluding hydrogens is 236 g/mol. The van der Waals surface area contributed by atoms with Crippen LogP contribution < -0.4 is 5.32 Å². The van der Waals surface area contributed by atoms with Crippen LogP contribution in [0.25, 0.3) is 10.9 Å². The minimum Gasteiger partial charge on any atom is -0.382 e. The Morgan fingerprint density at radius 3 is 2.89 bits per heavy atom. The van der Waals surface area contributed by atoms with E-state index in [1.165, 1.54) is 16.5 Å². The molecule has 0 bridgehead atoms. The summed E-state index contributed by atoms with van der Waals surface area (Å²) < 4.78 is 7.65. The summed E-state index contributed by atoms with van der Waals surface area (Å²) in [6.07, 6.45) is 3.33. The smallest absolute Gasteiger partial charge is 0.0483 e. The summed E-state index contributed by atoms with van der Waals surface area (Å²) in [7, 11) is 0. The van der Waals surface area contributed by atoms with Crippen molar-refractivity contribution in [1.82, 2.24) is 9.88 Å². The topological polar surface area (TPSA) is 26.2 Å². The van der Waals surface area contributed by atoms with E-state index in [0.717, 1.165) is 39.3 Å². The maximum absolute atomic E-state index is 5.31. The number of fused-ring (bicyclic) bond motifs is 1. The number of hydrogen-bond donors (Lipinski definition) is 1. The highest BCUT2D eigenvalue weighted by Gasteiger charge is 2.03. The summed E-state index contributed by atoms with van der Waals surface area (Å²) in [5, 5.41) is 4.83. The fourth-order valence-electron chi connectivity index (χ4n) is 2.38. The molecule has 0 unspecified atom stereocenters. The number of benzene rings is 1. The molecule has 1 N–H and O–H groups in total. The van der Waals surface area contributed by atoms with Crippen molar-refractivity contribution in [3.8, 4) is 0 Å². The maximum Gasteiger partial charge on any atom is 0.0483 e. The maximum atomic E-state index is 5.31. The Hall–Kier alpha value is -1.32. The van der Waals surface area contributed by atoms with Crippen molar-refractivity contribution in [2.24, 2.45) is 0 Å². The van der Waals surface area contributed by atoms with Crippen LogP contribution >= 0.6 is 0 Å². The molecule has 0 aliphatic rings. The van der Waals surface area contributed by atoms with E-state index in [-0.39, 0.29) is 0 Å². The second kappa shape index (κ2) is 7.31. The van der Waals surface area contributed by atoms with E-state index in [1.54, 1.807) is 0 Å². The first-order valence-corrected chi connectivity index (χ1v) is 7.16. The van der Waals surface area contributed by atoms with Gasteiger partial charge in [-0.3, -0.25) is 0 Å². The zero-order valence-electron chi connectivity index (χ0n) is 12.0. The summed E-state index contributed by atoms with van der Waals surface area (Å²) in [6.45, 7) is 8.93. The van der Waals surface area contributed by atoms with Gasteiger partial charge >= 0.3 is 0 Å². The fraction of sp³-hybridized carbons (Fsp3) is 0.500. The number of para-hydroxylation sites is 1. The molecule has 104 valence electrons. The monoisotopic (exact) mass is 260 g/mol. The van der Waals surface area contributed by atoms with E-state index in [0.29, 0.717) is 0 Å². The Kier molecular flexibility index (Phi) is 5.43. The Morgan fingerprint density at radius 1 is 1.21 bits per heavy atom. The second-order valence-corrected chi connectivity index (χ2v) is 4.82. The highest BCUT2D eigenvalue weighted by Crippen LogP contribution is 2.19. The van der Waals surface area contributed by atoms with Crippen molar-refractivity contribution in [2.75, 3.05) is 26.3 Å². The van der Waals surface area contributed by atoms with Crippen molar-refractivity contribution in [2.45, 2.75) is 26.8 Å². The quantitative estimate of drug-likeness (QED) is 0.739. The number of hydrogen-bond acceptors (Lipinski definition) is 2. The molecule has 0 spiro atoms. The molecule has 0 fully saturated rings. The fourth-order valence-corrected chi connectivity index (χ4v) is 2.38. The Morgan fingerprint density at radius 2 is 2.05 bits per heavy atom. The van der Waals surface area contributed by atoms with Crippen molar-refractivity contribution in [3.63, 3.8) is 0 Å². The Bertz CT molecular complexity index is 504. The molecule has 3 heteroatoms. The van der Waals surface area contributed by atoms with Gasteiger partial charge in [0.1, 0.15) is 0 Å². The zero-order chi connectivity index (χ0) is 13.5. The number of nitrogens with zero attached hydrogens (tertiary/aromatic N) is 1. The predicted octanol–water partition coefficient (Wildman–Crippen LogP) is 2.97. The summed E-state index contributed by atoms with van der Waals surface area (Å²) in [5.74, 6) is 0. The molecule has 1 aromatic carbocycles. The summed E-state index contributed by atoms with van der Waals surface area (Å²) in [4.78, 5) is 0. The van der Waals surface area contributed by atoms with E-state index in [2.05, 4.69) is 47.3 Å². The number of aryl methyl sites for hydroxylation is 1. The highest BCUT2D eigenvalue weighted by atomic mass is 16.5. The van der Waals surface area contributed by atoms with Gasteiger partial charge in [0.05, 0.1) is 0 Å². The second-order valence-electron chi connectivity index (χ2n) is 4.82. The van der Waals surface area contributed by atoms with Crippen LogP contribution in [0.2, 0.25) is 0 Å². The third-order valence-corrected chi connectivity index (χ3v) is 3.36. The third kappa shape index (κ3) is 3.82. The van der Waals surface area contributed by atoms with Crippen LogP contribution in [-0.4, -0.2) is 30.9 Å². The van der Waals surface area contributed by atoms with E-state index in [4.69, 9.17) is 4.74 Å². The SMILES string of the molecule is CCOCCCNCCn1cc(C)c2ccccc21. The van der Waals surface area contributed by atoms with Crippen LogP contribution in [0, 0.1) is 6.92 Å². The molecule has 0 atom stereocenters. The molecule has 0 saturated carbocycles. The van der Waals surface area contributed by atoms with Crippen LogP contribution in [-0.2, 0) is 11.3 Å². The van der Waals surface area contributed by atoms with Crippen molar-refractivity contribution in [1.29, 1.82) is 0 Å². The molecule has 0 radical (unpaired) electrons. The molecule has 3 nitrogen and oxygen atoms in total. The van der Waals surface area contributed by atoms with E-state index in [9.17, 15) is 0 Å². The number of nitrogens with one attached hydrogen (secondary N) is 1. The molecule has 1 heterocycles. The van der Waals surface area contributed by atoms with Crippen molar-refractivity contribution >= 4 is 10.9 Å². The zero-order valence-corrected chi connectivity index (χ0v) is 12.0. The van der Waals surface area contributed by atoms with Gasteiger partial charge in [-0.2, -0.15) is 0 Å². The third-order valence-electron chi connectivity index (χ3n) is 3.36. The normalized spacial score (nSPS) is 11.3. The molecule has 0 aliphatic carbocycles. The lowest BCUT2D eigenvalue weighted by atomic mass is 10.2. The van der Waals surface area contributed by atoms with Crippen molar-refractivity contribution in [3.05, 3.63) is 36.0 Å². The minimum atomic E-state index is 0.814. The Balaban J connectivity index is 1.79. The van der Waals surface area contributed by atoms with E-state index in [1.807, 2.05) is 6.92 Å². The van der Waals surface area contributed by atoms with Gasteiger partial charge in [-0.05, 0) is 38.4 Å². The molecule has 0 amide bonds. The van der Waals surface area contributed by atoms with Gasteiger partial charge in [0.2, 0.25) is 0 Å². The van der Waals surface area contributed by atoms with Crippen molar-refractivity contribution < 1.29 is 4.74 Å². The molecule has 1 aromatic heterocycles. The molecule has 19 heavy (non-hydrogen) atoms. The van der Waals surface area contributed by atoms with Gasteiger partial charge in [-0.1, -0.05) is 18.2 Å². The van der Waals surface area contributed by atoms with Gasteiger partial charge in [0.25, 0.3) is 0 Å². The first-order chi connectivity index (χ1) is 9.33. The molecular formula is C16H24N2O. The lowest BCUT2D eigenvalue weighted by Gasteiger charge is -2.07. The lowest BCUT2D eigenvalue weighted by molar-refractivity contribution is 0.145. The van der Waals surface area contributed by atoms with Gasteiger partial charge in [-0.25, -0.2) is 0 Å². The molecule has 2 aromatic rings. The van der Waals surface area contributed by atoms with Crippen LogP contribution in [0.4, 0.5) is 0 Å². The van der Waals surface area contributed by atoms with Gasteiger partial charge < -0.3 is 14.6 Å². The molecule has 2 rings (SSSR count). The molecule has 0 aliphatic heterocycles. The highest BCUT2D eigenvalue weighted by molar-refractivity contribution is 5.83. The average molecular weight is 260 g/mol. The van der Waals surface area contributed by atoms with E-state index < -0.39 is 0 Å². The minimum absolute atomic E-state index is 0.814. The lowest BCUT2D eigenvalue weighted by Crippen LogP contribution is -2.21. The number of ether oxygens (including phenoxy) is 1. The van der Waals surface area contributed by atoms with Crippen LogP contribution in [0.3, 0.4) is 0 Å². The first kappa shape index (κ1) is 14.1. The number of rotatable bonds is 8. The average Bonchev–Trinajstić information content (AvgIpc) is 2.75. The van der Waals surface area contributed by atoms with Crippen LogP contribution in [0.5, 0.6) is 0 Å². The first-order valence-electron chi connectivity index (χ1n) is 7.16. The Labute approximate surface area is 115 Å². The van der Waals surface area contributed by atoms with Crippen LogP contribution in [0.15, 0.2) is 30.5 Å². The van der Waals surface area contributed by atoms with Gasteiger partial charge in [0, 0.05) is 43.4 Å². The summed E-state index contributed by atoms with van der Waals surface area (Å²) in [5.41, 5.74) is 2.68. The largest absolute Gasteiger partial charge is 0.382 e. The van der Waals surface area contributed by atoms with Gasteiger partial charge in [0.15, 0.2) is 0 Å². The summed E-state index contributed by atoms with van der Waals surface area (Å²) in [6, 6.07) is 8.59. The number of aromatic nitrogens is 1. The van der Waals surface area contributed by atoms with E-state index >= 15 is 0 Å². The summed E-state index contributed by atoms with van der Waals surface area (Å²) >= 11 is 0. The van der Waals surface area contributed by atoms with Crippen LogP contribution in [0.1, 0.15) is 18.9 Å². The standard InChI is InChI=1S/C16H24N2O/c1-3-19-12-6-9-17-10-11-18-13-14(2)15-7-4-5-8-16(15)18/h4-5,7-8,13,17H,3,6,9-12H2,1-2H3. The molecule has 0 saturated heterocycles. The predicted molar refractivity (Wildman–Crippen MR) is 80.7 cm³/mol.